The molecule has 2 atom stereocenters. The number of aromatic nitrogens is 3. The van der Waals surface area contributed by atoms with Crippen LogP contribution in [-0.4, -0.2) is 25.8 Å². The second-order valence-corrected chi connectivity index (χ2v) is 3.08. The minimum Gasteiger partial charge on any atom is -0.480 e. The van der Waals surface area contributed by atoms with Gasteiger partial charge in [-0.1, -0.05) is 20.3 Å². The smallest absolute Gasteiger partial charge is 0.327 e. The number of rotatable bonds is 4. The summed E-state index contributed by atoms with van der Waals surface area (Å²) in [6.07, 6.45) is 3.69. The Labute approximate surface area is 76.4 Å². The maximum absolute atomic E-state index is 10.9. The fraction of sp³-hybridized carbons (Fsp3) is 0.625. The molecule has 0 saturated carbocycles. The molecule has 1 aromatic heterocycles. The Morgan fingerprint density at radius 3 is 2.46 bits per heavy atom. The number of hydrogen-bond donors (Lipinski definition) is 1. The highest BCUT2D eigenvalue weighted by molar-refractivity contribution is 5.72. The molecular weight excluding hydrogens is 170 g/mol. The van der Waals surface area contributed by atoms with E-state index in [-0.39, 0.29) is 5.92 Å². The van der Waals surface area contributed by atoms with Crippen molar-refractivity contribution >= 4 is 5.97 Å². The lowest BCUT2D eigenvalue weighted by Crippen LogP contribution is -2.24. The van der Waals surface area contributed by atoms with Crippen LogP contribution < -0.4 is 0 Å². The van der Waals surface area contributed by atoms with Gasteiger partial charge in [-0.2, -0.15) is 0 Å². The molecule has 0 spiro atoms. The summed E-state index contributed by atoms with van der Waals surface area (Å²) in [7, 11) is 0. The lowest BCUT2D eigenvalue weighted by atomic mass is 9.99. The molecule has 72 valence electrons. The van der Waals surface area contributed by atoms with Gasteiger partial charge in [0.2, 0.25) is 0 Å². The van der Waals surface area contributed by atoms with Crippen molar-refractivity contribution < 1.29 is 9.90 Å². The van der Waals surface area contributed by atoms with Gasteiger partial charge in [0.1, 0.15) is 18.7 Å². The second-order valence-electron chi connectivity index (χ2n) is 3.08. The number of aliphatic carboxylic acids is 1. The number of carbonyl (C=O) groups is 1. The van der Waals surface area contributed by atoms with Crippen LogP contribution in [0.5, 0.6) is 0 Å². The van der Waals surface area contributed by atoms with Crippen molar-refractivity contribution in [1.82, 2.24) is 14.8 Å². The van der Waals surface area contributed by atoms with Crippen LogP contribution in [0, 0.1) is 5.92 Å². The molecule has 1 N–H and O–H groups in total. The first kappa shape index (κ1) is 9.70. The molecule has 0 saturated heterocycles. The lowest BCUT2D eigenvalue weighted by Gasteiger charge is -2.18. The lowest BCUT2D eigenvalue weighted by molar-refractivity contribution is -0.142. The molecule has 0 radical (unpaired) electrons. The van der Waals surface area contributed by atoms with Crippen molar-refractivity contribution in [3.63, 3.8) is 0 Å². The van der Waals surface area contributed by atoms with Crippen LogP contribution in [-0.2, 0) is 4.79 Å². The molecule has 1 aromatic rings. The predicted molar refractivity (Wildman–Crippen MR) is 46.1 cm³/mol. The maximum Gasteiger partial charge on any atom is 0.327 e. The number of carboxylic acid groups (broad SMARTS) is 1. The van der Waals surface area contributed by atoms with E-state index < -0.39 is 12.0 Å². The molecule has 1 rings (SSSR count). The second kappa shape index (κ2) is 4.02. The first-order valence-electron chi connectivity index (χ1n) is 4.23. The van der Waals surface area contributed by atoms with E-state index in [1.165, 1.54) is 17.2 Å². The predicted octanol–water partition coefficient (Wildman–Crippen LogP) is 0.950. The summed E-state index contributed by atoms with van der Waals surface area (Å²) in [6.45, 7) is 3.86. The summed E-state index contributed by atoms with van der Waals surface area (Å²) in [6, 6.07) is -0.556. The van der Waals surface area contributed by atoms with E-state index in [4.69, 9.17) is 5.11 Å². The standard InChI is InChI=1S/C8H13N3O2/c1-3-6(2)7(8(12)13)11-4-9-10-5-11/h4-7H,3H2,1-2H3,(H,12,13). The molecule has 0 aromatic carbocycles. The Balaban J connectivity index is 2.87. The minimum atomic E-state index is -0.839. The molecule has 0 aliphatic rings. The maximum atomic E-state index is 10.9. The summed E-state index contributed by atoms with van der Waals surface area (Å²) < 4.78 is 1.52. The van der Waals surface area contributed by atoms with Gasteiger partial charge >= 0.3 is 5.97 Å². The zero-order chi connectivity index (χ0) is 9.84. The van der Waals surface area contributed by atoms with Gasteiger partial charge in [-0.05, 0) is 5.92 Å². The molecule has 5 heteroatoms. The summed E-state index contributed by atoms with van der Waals surface area (Å²) in [5.41, 5.74) is 0. The van der Waals surface area contributed by atoms with Crippen LogP contribution in [0.4, 0.5) is 0 Å². The first-order chi connectivity index (χ1) is 6.16. The van der Waals surface area contributed by atoms with Crippen LogP contribution in [0.1, 0.15) is 26.3 Å². The highest BCUT2D eigenvalue weighted by Gasteiger charge is 2.24. The minimum absolute atomic E-state index is 0.0773. The van der Waals surface area contributed by atoms with E-state index in [2.05, 4.69) is 10.2 Å². The van der Waals surface area contributed by atoms with E-state index in [0.29, 0.717) is 0 Å². The van der Waals surface area contributed by atoms with Gasteiger partial charge < -0.3 is 9.67 Å². The topological polar surface area (TPSA) is 68.0 Å². The molecule has 1 heterocycles. The molecule has 2 unspecified atom stereocenters. The van der Waals surface area contributed by atoms with Crippen LogP contribution in [0.25, 0.3) is 0 Å². The van der Waals surface area contributed by atoms with Gasteiger partial charge in [-0.15, -0.1) is 10.2 Å². The average molecular weight is 183 g/mol. The third-order valence-electron chi connectivity index (χ3n) is 2.19. The fourth-order valence-corrected chi connectivity index (χ4v) is 1.24. The van der Waals surface area contributed by atoms with Crippen molar-refractivity contribution in [1.29, 1.82) is 0 Å². The van der Waals surface area contributed by atoms with Crippen molar-refractivity contribution in [2.75, 3.05) is 0 Å². The van der Waals surface area contributed by atoms with Crippen LogP contribution >= 0.6 is 0 Å². The van der Waals surface area contributed by atoms with Crippen LogP contribution in [0.3, 0.4) is 0 Å². The molecule has 0 aliphatic heterocycles. The molecule has 0 aliphatic carbocycles. The molecule has 0 amide bonds. The molecular formula is C8H13N3O2. The summed E-state index contributed by atoms with van der Waals surface area (Å²) >= 11 is 0. The van der Waals surface area contributed by atoms with Crippen molar-refractivity contribution in [3.8, 4) is 0 Å². The Morgan fingerprint density at radius 2 is 2.08 bits per heavy atom. The van der Waals surface area contributed by atoms with Crippen molar-refractivity contribution in [3.05, 3.63) is 12.7 Å². The Hall–Kier alpha value is -1.39. The first-order valence-corrected chi connectivity index (χ1v) is 4.23. The molecule has 0 bridgehead atoms. The van der Waals surface area contributed by atoms with Crippen LogP contribution in [0.15, 0.2) is 12.7 Å². The Bertz CT molecular complexity index is 271. The van der Waals surface area contributed by atoms with Crippen molar-refractivity contribution in [2.24, 2.45) is 5.92 Å². The number of nitrogens with zero attached hydrogens (tertiary/aromatic N) is 3. The van der Waals surface area contributed by atoms with E-state index >= 15 is 0 Å². The zero-order valence-corrected chi connectivity index (χ0v) is 7.71. The van der Waals surface area contributed by atoms with Gasteiger partial charge in [0.25, 0.3) is 0 Å². The summed E-state index contributed by atoms with van der Waals surface area (Å²) in [5, 5.41) is 16.2. The quantitative estimate of drug-likeness (QED) is 0.754. The van der Waals surface area contributed by atoms with E-state index in [1.807, 2.05) is 13.8 Å². The van der Waals surface area contributed by atoms with E-state index in [9.17, 15) is 4.79 Å². The van der Waals surface area contributed by atoms with Gasteiger partial charge in [0.05, 0.1) is 0 Å². The van der Waals surface area contributed by atoms with Gasteiger partial charge in [-0.3, -0.25) is 0 Å². The normalized spacial score (nSPS) is 15.2. The highest BCUT2D eigenvalue weighted by Crippen LogP contribution is 2.20. The van der Waals surface area contributed by atoms with Gasteiger partial charge in [0, 0.05) is 0 Å². The summed E-state index contributed by atoms with van der Waals surface area (Å²) in [4.78, 5) is 10.9. The van der Waals surface area contributed by atoms with E-state index in [0.717, 1.165) is 6.42 Å². The third kappa shape index (κ3) is 2.05. The van der Waals surface area contributed by atoms with E-state index in [1.54, 1.807) is 0 Å². The Kier molecular flexibility index (Phi) is 3.00. The molecule has 5 nitrogen and oxygen atoms in total. The fourth-order valence-electron chi connectivity index (χ4n) is 1.24. The summed E-state index contributed by atoms with van der Waals surface area (Å²) in [5.74, 6) is -0.761. The van der Waals surface area contributed by atoms with Gasteiger partial charge in [0.15, 0.2) is 0 Å². The molecule has 13 heavy (non-hydrogen) atoms. The van der Waals surface area contributed by atoms with Crippen molar-refractivity contribution in [2.45, 2.75) is 26.3 Å². The SMILES string of the molecule is CCC(C)C(C(=O)O)n1cnnc1. The van der Waals surface area contributed by atoms with Crippen LogP contribution in [0.2, 0.25) is 0 Å². The van der Waals surface area contributed by atoms with Gasteiger partial charge in [-0.25, -0.2) is 4.79 Å². The molecule has 0 fully saturated rings. The Morgan fingerprint density at radius 1 is 1.54 bits per heavy atom. The monoisotopic (exact) mass is 183 g/mol. The largest absolute Gasteiger partial charge is 0.480 e. The average Bonchev–Trinajstić information content (AvgIpc) is 2.56. The third-order valence-corrected chi connectivity index (χ3v) is 2.19. The zero-order valence-electron chi connectivity index (χ0n) is 7.71. The highest BCUT2D eigenvalue weighted by atomic mass is 16.4. The number of hydrogen-bond acceptors (Lipinski definition) is 3. The number of carboxylic acids is 1.